The van der Waals surface area contributed by atoms with Crippen molar-refractivity contribution in [2.75, 3.05) is 0 Å². The lowest BCUT2D eigenvalue weighted by Gasteiger charge is -2.37. The van der Waals surface area contributed by atoms with Gasteiger partial charge in [0.1, 0.15) is 11.2 Å². The van der Waals surface area contributed by atoms with Crippen LogP contribution in [0, 0.1) is 0 Å². The van der Waals surface area contributed by atoms with Gasteiger partial charge in [-0.2, -0.15) is 0 Å². The summed E-state index contributed by atoms with van der Waals surface area (Å²) < 4.78 is 0. The quantitative estimate of drug-likeness (QED) is 0.712. The van der Waals surface area contributed by atoms with Crippen molar-refractivity contribution in [1.29, 1.82) is 0 Å². The Kier molecular flexibility index (Phi) is 3.11. The molecule has 4 bridgehead atoms. The number of hydrogen-bond acceptors (Lipinski definition) is 2. The van der Waals surface area contributed by atoms with Crippen molar-refractivity contribution in [1.82, 2.24) is 0 Å². The van der Waals surface area contributed by atoms with E-state index in [0.717, 1.165) is 36.8 Å². The SMILES string of the molecule is C[C@@]1(O)C=C2CCc3ccc(cc3)CCC1=C[C@@]2(C)O. The standard InChI is InChI=1S/C18H22O2/c1-17(19)11-16-10-8-14-5-3-13(4-6-14)7-9-15(17)12-18(16,2)20/h3-6,11-12,19-20H,7-10H2,1-2H3/t17-,18-/m1/s1. The van der Waals surface area contributed by atoms with Gasteiger partial charge in [0.05, 0.1) is 0 Å². The molecule has 20 heavy (non-hydrogen) atoms. The molecule has 106 valence electrons. The predicted octanol–water partition coefficient (Wildman–Crippen LogP) is 2.93. The second kappa shape index (κ2) is 4.57. The van der Waals surface area contributed by atoms with Gasteiger partial charge in [-0.1, -0.05) is 24.3 Å². The van der Waals surface area contributed by atoms with Gasteiger partial charge in [-0.15, -0.1) is 0 Å². The van der Waals surface area contributed by atoms with Crippen molar-refractivity contribution in [2.24, 2.45) is 0 Å². The molecule has 0 aromatic heterocycles. The zero-order valence-electron chi connectivity index (χ0n) is 12.2. The molecule has 0 aliphatic heterocycles. The highest BCUT2D eigenvalue weighted by atomic mass is 16.3. The maximum atomic E-state index is 10.6. The van der Waals surface area contributed by atoms with Crippen LogP contribution in [0.15, 0.2) is 47.6 Å². The Labute approximate surface area is 120 Å². The van der Waals surface area contributed by atoms with Gasteiger partial charge in [-0.3, -0.25) is 0 Å². The number of aliphatic hydroxyl groups is 2. The summed E-state index contributed by atoms with van der Waals surface area (Å²) in [4.78, 5) is 0. The van der Waals surface area contributed by atoms with Crippen molar-refractivity contribution in [3.05, 3.63) is 58.7 Å². The van der Waals surface area contributed by atoms with Gasteiger partial charge in [-0.25, -0.2) is 0 Å². The van der Waals surface area contributed by atoms with Gasteiger partial charge in [0.15, 0.2) is 0 Å². The smallest absolute Gasteiger partial charge is 0.101 e. The van der Waals surface area contributed by atoms with Crippen LogP contribution in [0.25, 0.3) is 0 Å². The number of aryl methyl sites for hydroxylation is 2. The molecule has 0 spiro atoms. The van der Waals surface area contributed by atoms with Gasteiger partial charge in [-0.05, 0) is 74.0 Å². The molecule has 2 nitrogen and oxygen atoms in total. The summed E-state index contributed by atoms with van der Waals surface area (Å²) in [5.74, 6) is 0. The highest BCUT2D eigenvalue weighted by Crippen LogP contribution is 2.37. The van der Waals surface area contributed by atoms with Crippen molar-refractivity contribution in [3.63, 3.8) is 0 Å². The Bertz CT molecular complexity index is 521. The third-order valence-electron chi connectivity index (χ3n) is 4.60. The molecule has 0 heterocycles. The molecule has 2 heteroatoms. The topological polar surface area (TPSA) is 40.5 Å². The van der Waals surface area contributed by atoms with E-state index in [1.807, 2.05) is 26.0 Å². The summed E-state index contributed by atoms with van der Waals surface area (Å²) in [5, 5.41) is 21.3. The Balaban J connectivity index is 2.05. The maximum absolute atomic E-state index is 10.6. The molecule has 0 amide bonds. The molecule has 2 atom stereocenters. The van der Waals surface area contributed by atoms with Crippen molar-refractivity contribution in [3.8, 4) is 0 Å². The average Bonchev–Trinajstić information content (AvgIpc) is 2.37. The molecule has 0 saturated carbocycles. The molecule has 0 unspecified atom stereocenters. The summed E-state index contributed by atoms with van der Waals surface area (Å²) in [6.07, 6.45) is 7.04. The Morgan fingerprint density at radius 3 is 1.40 bits per heavy atom. The minimum absolute atomic E-state index is 0.770. The van der Waals surface area contributed by atoms with Crippen LogP contribution in [0.2, 0.25) is 0 Å². The van der Waals surface area contributed by atoms with Crippen molar-refractivity contribution >= 4 is 0 Å². The first-order chi connectivity index (χ1) is 9.37. The van der Waals surface area contributed by atoms with E-state index in [1.165, 1.54) is 11.1 Å². The molecule has 5 aliphatic carbocycles. The van der Waals surface area contributed by atoms with Crippen LogP contribution in [0.5, 0.6) is 0 Å². The second-order valence-corrected chi connectivity index (χ2v) is 6.45. The van der Waals surface area contributed by atoms with Crippen LogP contribution in [0.4, 0.5) is 0 Å². The fourth-order valence-electron chi connectivity index (χ4n) is 3.24. The molecule has 0 fully saturated rings. The molecular formula is C18H22O2. The van der Waals surface area contributed by atoms with Gasteiger partial charge in [0, 0.05) is 0 Å². The van der Waals surface area contributed by atoms with E-state index >= 15 is 0 Å². The summed E-state index contributed by atoms with van der Waals surface area (Å²) in [6, 6.07) is 8.69. The second-order valence-electron chi connectivity index (χ2n) is 6.45. The molecule has 6 rings (SSSR count). The van der Waals surface area contributed by atoms with Crippen LogP contribution < -0.4 is 0 Å². The van der Waals surface area contributed by atoms with Gasteiger partial charge < -0.3 is 10.2 Å². The average molecular weight is 270 g/mol. The van der Waals surface area contributed by atoms with Gasteiger partial charge >= 0.3 is 0 Å². The third kappa shape index (κ3) is 2.46. The fraction of sp³-hybridized carbons (Fsp3) is 0.444. The zero-order chi connectivity index (χ0) is 14.4. The van der Waals surface area contributed by atoms with Crippen LogP contribution in [-0.4, -0.2) is 21.4 Å². The summed E-state index contributed by atoms with van der Waals surface area (Å²) in [5.41, 5.74) is 2.51. The van der Waals surface area contributed by atoms with Crippen molar-refractivity contribution < 1.29 is 10.2 Å². The number of benzene rings is 1. The normalized spacial score (nSPS) is 33.2. The summed E-state index contributed by atoms with van der Waals surface area (Å²) in [7, 11) is 0. The lowest BCUT2D eigenvalue weighted by Crippen LogP contribution is -2.37. The molecule has 0 radical (unpaired) electrons. The predicted molar refractivity (Wildman–Crippen MR) is 80.5 cm³/mol. The minimum atomic E-state index is -0.936. The Morgan fingerprint density at radius 2 is 1.05 bits per heavy atom. The lowest BCUT2D eigenvalue weighted by molar-refractivity contribution is 0.103. The third-order valence-corrected chi connectivity index (χ3v) is 4.60. The van der Waals surface area contributed by atoms with Gasteiger partial charge in [0.25, 0.3) is 0 Å². The van der Waals surface area contributed by atoms with Crippen LogP contribution in [-0.2, 0) is 12.8 Å². The van der Waals surface area contributed by atoms with E-state index in [2.05, 4.69) is 24.3 Å². The Morgan fingerprint density at radius 1 is 0.700 bits per heavy atom. The monoisotopic (exact) mass is 270 g/mol. The maximum Gasteiger partial charge on any atom is 0.101 e. The molecule has 2 N–H and O–H groups in total. The molecule has 5 aliphatic rings. The van der Waals surface area contributed by atoms with Crippen LogP contribution in [0.3, 0.4) is 0 Å². The largest absolute Gasteiger partial charge is 0.382 e. The first kappa shape index (κ1) is 13.6. The number of rotatable bonds is 0. The van der Waals surface area contributed by atoms with E-state index in [1.54, 1.807) is 0 Å². The fourth-order valence-corrected chi connectivity index (χ4v) is 3.24. The molecule has 1 aromatic carbocycles. The molecule has 0 saturated heterocycles. The summed E-state index contributed by atoms with van der Waals surface area (Å²) >= 11 is 0. The first-order valence-electron chi connectivity index (χ1n) is 7.34. The minimum Gasteiger partial charge on any atom is -0.382 e. The van der Waals surface area contributed by atoms with E-state index < -0.39 is 11.2 Å². The van der Waals surface area contributed by atoms with E-state index in [0.29, 0.717) is 0 Å². The zero-order valence-corrected chi connectivity index (χ0v) is 12.2. The van der Waals surface area contributed by atoms with E-state index in [9.17, 15) is 10.2 Å². The number of hydrogen-bond donors (Lipinski definition) is 2. The highest BCUT2D eigenvalue weighted by Gasteiger charge is 2.36. The summed E-state index contributed by atoms with van der Waals surface area (Å²) in [6.45, 7) is 3.64. The van der Waals surface area contributed by atoms with Crippen LogP contribution in [0.1, 0.15) is 37.8 Å². The lowest BCUT2D eigenvalue weighted by atomic mass is 9.75. The molecular weight excluding hydrogens is 248 g/mol. The Hall–Kier alpha value is -1.38. The molecule has 1 aromatic rings. The van der Waals surface area contributed by atoms with Gasteiger partial charge in [0.2, 0.25) is 0 Å². The van der Waals surface area contributed by atoms with Crippen LogP contribution >= 0.6 is 0 Å². The first-order valence-corrected chi connectivity index (χ1v) is 7.34. The van der Waals surface area contributed by atoms with E-state index in [-0.39, 0.29) is 0 Å². The van der Waals surface area contributed by atoms with Crippen molar-refractivity contribution in [2.45, 2.75) is 50.7 Å². The van der Waals surface area contributed by atoms with E-state index in [4.69, 9.17) is 0 Å². The highest BCUT2D eigenvalue weighted by molar-refractivity contribution is 5.41.